The molecule has 0 saturated carbocycles. The summed E-state index contributed by atoms with van der Waals surface area (Å²) in [6.45, 7) is 0.567. The highest BCUT2D eigenvalue weighted by atomic mass is 32.2. The molecule has 7 heteroatoms. The van der Waals surface area contributed by atoms with Crippen molar-refractivity contribution in [2.45, 2.75) is 17.9 Å². The maximum atomic E-state index is 13.3. The fourth-order valence-corrected chi connectivity index (χ4v) is 5.14. The Bertz CT molecular complexity index is 1140. The van der Waals surface area contributed by atoms with Crippen LogP contribution in [-0.2, 0) is 23.0 Å². The van der Waals surface area contributed by atoms with Gasteiger partial charge in [-0.25, -0.2) is 13.9 Å². The Balaban J connectivity index is 1.73. The number of hydrogen-bond donors (Lipinski definition) is 2. The third-order valence-corrected chi connectivity index (χ3v) is 6.82. The summed E-state index contributed by atoms with van der Waals surface area (Å²) < 4.78 is 28.0. The number of benzene rings is 3. The van der Waals surface area contributed by atoms with Gasteiger partial charge in [0.05, 0.1) is 4.90 Å². The van der Waals surface area contributed by atoms with Crippen molar-refractivity contribution in [2.24, 2.45) is 0 Å². The molecule has 2 N–H and O–H groups in total. The zero-order valence-corrected chi connectivity index (χ0v) is 15.2. The van der Waals surface area contributed by atoms with Gasteiger partial charge in [-0.1, -0.05) is 42.5 Å². The molecule has 3 aromatic carbocycles. The quantitative estimate of drug-likeness (QED) is 0.539. The van der Waals surface area contributed by atoms with Gasteiger partial charge in [-0.3, -0.25) is 10.0 Å². The Morgan fingerprint density at radius 1 is 1.00 bits per heavy atom. The summed E-state index contributed by atoms with van der Waals surface area (Å²) in [6.07, 6.45) is 0.570. The summed E-state index contributed by atoms with van der Waals surface area (Å²) >= 11 is 0. The normalized spacial score (nSPS) is 14.7. The standard InChI is InChI=1S/C20H18N2O4S/c23-20(21-24)16-9-8-14-10-11-22(13-17(14)12-16)27(25,26)19-7-3-5-15-4-1-2-6-18(15)19/h1-9,12,24H,10-11,13H2,(H,21,23). The summed E-state index contributed by atoms with van der Waals surface area (Å²) in [7, 11) is -3.69. The number of nitrogens with zero attached hydrogens (tertiary/aromatic N) is 1. The number of fused-ring (bicyclic) bond motifs is 2. The highest BCUT2D eigenvalue weighted by molar-refractivity contribution is 7.89. The largest absolute Gasteiger partial charge is 0.288 e. The van der Waals surface area contributed by atoms with E-state index < -0.39 is 15.9 Å². The molecular weight excluding hydrogens is 364 g/mol. The van der Waals surface area contributed by atoms with Gasteiger partial charge in [0.2, 0.25) is 10.0 Å². The first kappa shape index (κ1) is 17.7. The average Bonchev–Trinajstić information content (AvgIpc) is 2.71. The summed E-state index contributed by atoms with van der Waals surface area (Å²) in [5.74, 6) is -0.619. The zero-order chi connectivity index (χ0) is 19.0. The molecule has 6 nitrogen and oxygen atoms in total. The van der Waals surface area contributed by atoms with E-state index in [0.717, 1.165) is 16.5 Å². The van der Waals surface area contributed by atoms with Gasteiger partial charge in [0.15, 0.2) is 0 Å². The van der Waals surface area contributed by atoms with E-state index in [1.54, 1.807) is 29.7 Å². The molecule has 0 bridgehead atoms. The van der Waals surface area contributed by atoms with Crippen LogP contribution in [0.15, 0.2) is 65.6 Å². The van der Waals surface area contributed by atoms with Crippen LogP contribution in [0, 0.1) is 0 Å². The monoisotopic (exact) mass is 382 g/mol. The van der Waals surface area contributed by atoms with E-state index in [9.17, 15) is 13.2 Å². The van der Waals surface area contributed by atoms with Crippen LogP contribution in [0.5, 0.6) is 0 Å². The molecule has 0 aromatic heterocycles. The zero-order valence-electron chi connectivity index (χ0n) is 14.4. The van der Waals surface area contributed by atoms with Gasteiger partial charge < -0.3 is 0 Å². The lowest BCUT2D eigenvalue weighted by Crippen LogP contribution is -2.36. The smallest absolute Gasteiger partial charge is 0.274 e. The van der Waals surface area contributed by atoms with Crippen molar-refractivity contribution in [3.8, 4) is 0 Å². The van der Waals surface area contributed by atoms with Crippen molar-refractivity contribution in [3.63, 3.8) is 0 Å². The number of rotatable bonds is 3. The molecule has 4 rings (SSSR count). The van der Waals surface area contributed by atoms with Crippen molar-refractivity contribution in [3.05, 3.63) is 77.4 Å². The van der Waals surface area contributed by atoms with Crippen LogP contribution in [0.25, 0.3) is 10.8 Å². The number of hydrogen-bond acceptors (Lipinski definition) is 4. The van der Waals surface area contributed by atoms with Gasteiger partial charge in [-0.05, 0) is 41.1 Å². The van der Waals surface area contributed by atoms with Gasteiger partial charge in [0.1, 0.15) is 0 Å². The molecule has 1 amide bonds. The maximum Gasteiger partial charge on any atom is 0.274 e. The van der Waals surface area contributed by atoms with E-state index >= 15 is 0 Å². The highest BCUT2D eigenvalue weighted by Crippen LogP contribution is 2.29. The van der Waals surface area contributed by atoms with E-state index in [-0.39, 0.29) is 11.4 Å². The highest BCUT2D eigenvalue weighted by Gasteiger charge is 2.29. The Morgan fingerprint density at radius 2 is 1.78 bits per heavy atom. The van der Waals surface area contributed by atoms with E-state index in [2.05, 4.69) is 0 Å². The van der Waals surface area contributed by atoms with Crippen molar-refractivity contribution >= 4 is 26.7 Å². The number of carbonyl (C=O) groups is 1. The van der Waals surface area contributed by atoms with Gasteiger partial charge in [0.25, 0.3) is 5.91 Å². The van der Waals surface area contributed by atoms with Crippen molar-refractivity contribution in [1.29, 1.82) is 0 Å². The minimum absolute atomic E-state index is 0.188. The molecule has 138 valence electrons. The molecule has 0 aliphatic carbocycles. The van der Waals surface area contributed by atoms with E-state index in [1.807, 2.05) is 36.4 Å². The fourth-order valence-electron chi connectivity index (χ4n) is 3.50. The summed E-state index contributed by atoms with van der Waals surface area (Å²) in [4.78, 5) is 11.9. The van der Waals surface area contributed by atoms with E-state index in [0.29, 0.717) is 23.9 Å². The molecule has 3 aromatic rings. The molecule has 0 spiro atoms. The van der Waals surface area contributed by atoms with E-state index in [1.165, 1.54) is 4.31 Å². The predicted octanol–water partition coefficient (Wildman–Crippen LogP) is 2.71. The van der Waals surface area contributed by atoms with Crippen molar-refractivity contribution < 1.29 is 18.4 Å². The van der Waals surface area contributed by atoms with Crippen molar-refractivity contribution in [1.82, 2.24) is 9.79 Å². The fraction of sp³-hybridized carbons (Fsp3) is 0.150. The second-order valence-electron chi connectivity index (χ2n) is 6.49. The molecule has 1 heterocycles. The van der Waals surface area contributed by atoms with Gasteiger partial charge in [0, 0.05) is 24.0 Å². The molecule has 1 aliphatic heterocycles. The van der Waals surface area contributed by atoms with E-state index in [4.69, 9.17) is 5.21 Å². The Kier molecular flexibility index (Phi) is 4.43. The molecule has 0 radical (unpaired) electrons. The molecule has 0 atom stereocenters. The second-order valence-corrected chi connectivity index (χ2v) is 8.40. The molecule has 1 aliphatic rings. The van der Waals surface area contributed by atoms with Gasteiger partial charge >= 0.3 is 0 Å². The Hall–Kier alpha value is -2.74. The molecule has 0 fully saturated rings. The predicted molar refractivity (Wildman–Crippen MR) is 101 cm³/mol. The summed E-state index contributed by atoms with van der Waals surface area (Å²) in [5.41, 5.74) is 3.67. The minimum atomic E-state index is -3.69. The Labute approximate surface area is 157 Å². The van der Waals surface area contributed by atoms with Crippen LogP contribution >= 0.6 is 0 Å². The number of sulfonamides is 1. The topological polar surface area (TPSA) is 86.7 Å². The molecule has 0 unspecified atom stereocenters. The number of amides is 1. The first-order chi connectivity index (χ1) is 13.0. The van der Waals surface area contributed by atoms with Crippen LogP contribution in [0.4, 0.5) is 0 Å². The van der Waals surface area contributed by atoms with Gasteiger partial charge in [-0.2, -0.15) is 4.31 Å². The van der Waals surface area contributed by atoms with Crippen LogP contribution in [0.1, 0.15) is 21.5 Å². The Morgan fingerprint density at radius 3 is 2.59 bits per heavy atom. The third kappa shape index (κ3) is 3.10. The summed E-state index contributed by atoms with van der Waals surface area (Å²) in [6, 6.07) is 17.7. The lowest BCUT2D eigenvalue weighted by molar-refractivity contribution is 0.0706. The van der Waals surface area contributed by atoms with Crippen LogP contribution < -0.4 is 5.48 Å². The molecular formula is C20H18N2O4S. The first-order valence-electron chi connectivity index (χ1n) is 8.55. The number of carbonyl (C=O) groups excluding carboxylic acids is 1. The minimum Gasteiger partial charge on any atom is -0.288 e. The summed E-state index contributed by atoms with van der Waals surface area (Å²) in [5, 5.41) is 10.4. The SMILES string of the molecule is O=C(NO)c1ccc2c(c1)CN(S(=O)(=O)c1cccc3ccccc13)CC2. The second kappa shape index (κ2) is 6.77. The molecule has 0 saturated heterocycles. The number of hydroxylamine groups is 1. The average molecular weight is 382 g/mol. The third-order valence-electron chi connectivity index (χ3n) is 4.91. The van der Waals surface area contributed by atoms with Crippen molar-refractivity contribution in [2.75, 3.05) is 6.54 Å². The first-order valence-corrected chi connectivity index (χ1v) is 9.99. The van der Waals surface area contributed by atoms with Crippen LogP contribution in [0.3, 0.4) is 0 Å². The lowest BCUT2D eigenvalue weighted by atomic mass is 9.98. The molecule has 27 heavy (non-hydrogen) atoms. The van der Waals surface area contributed by atoms with Crippen LogP contribution in [-0.4, -0.2) is 30.4 Å². The van der Waals surface area contributed by atoms with Crippen LogP contribution in [0.2, 0.25) is 0 Å². The van der Waals surface area contributed by atoms with Gasteiger partial charge in [-0.15, -0.1) is 0 Å². The number of nitrogens with one attached hydrogen (secondary N) is 1. The maximum absolute atomic E-state index is 13.3. The lowest BCUT2D eigenvalue weighted by Gasteiger charge is -2.28.